The molecule has 0 aliphatic heterocycles. The van der Waals surface area contributed by atoms with Crippen LogP contribution in [0.1, 0.15) is 17.2 Å². The van der Waals surface area contributed by atoms with Gasteiger partial charge >= 0.3 is 0 Å². The Balaban J connectivity index is 1.83. The fraction of sp³-hybridized carbons (Fsp3) is 0.0800. The maximum Gasteiger partial charge on any atom is 0.123 e. The molecule has 5 heteroatoms. The van der Waals surface area contributed by atoms with Gasteiger partial charge in [-0.1, -0.05) is 58.4 Å². The number of fused-ring (bicyclic) bond motifs is 3. The zero-order valence-corrected chi connectivity index (χ0v) is 17.8. The zero-order chi connectivity index (χ0) is 20.7. The van der Waals surface area contributed by atoms with E-state index in [9.17, 15) is 4.39 Å². The molecular formula is C25H18BrFN2O. The van der Waals surface area contributed by atoms with Gasteiger partial charge in [-0.05, 0) is 47.3 Å². The molecule has 2 aromatic heterocycles. The van der Waals surface area contributed by atoms with Gasteiger partial charge in [0, 0.05) is 28.1 Å². The summed E-state index contributed by atoms with van der Waals surface area (Å²) in [5.41, 5.74) is 4.80. The van der Waals surface area contributed by atoms with E-state index >= 15 is 0 Å². The highest BCUT2D eigenvalue weighted by atomic mass is 79.9. The molecular weight excluding hydrogens is 443 g/mol. The highest BCUT2D eigenvalue weighted by Gasteiger charge is 2.22. The summed E-state index contributed by atoms with van der Waals surface area (Å²) in [6, 6.07) is 24.9. The Bertz CT molecular complexity index is 1350. The number of hydrogen-bond acceptors (Lipinski definition) is 2. The molecule has 0 bridgehead atoms. The first-order valence-corrected chi connectivity index (χ1v) is 10.4. The molecule has 3 nitrogen and oxygen atoms in total. The molecule has 1 atom stereocenters. The molecule has 2 heterocycles. The second-order valence-corrected chi connectivity index (χ2v) is 8.07. The number of benzene rings is 3. The van der Waals surface area contributed by atoms with Crippen molar-refractivity contribution < 1.29 is 9.13 Å². The van der Waals surface area contributed by atoms with Gasteiger partial charge in [0.1, 0.15) is 11.9 Å². The summed E-state index contributed by atoms with van der Waals surface area (Å²) in [6.07, 6.45) is 1.55. The Morgan fingerprint density at radius 1 is 0.967 bits per heavy atom. The van der Waals surface area contributed by atoms with Gasteiger partial charge in [0.25, 0.3) is 0 Å². The van der Waals surface area contributed by atoms with E-state index in [1.807, 2.05) is 77.4 Å². The van der Waals surface area contributed by atoms with E-state index in [1.165, 1.54) is 6.07 Å². The summed E-state index contributed by atoms with van der Waals surface area (Å²) in [7, 11) is 1.69. The highest BCUT2D eigenvalue weighted by molar-refractivity contribution is 9.10. The number of nitrogens with zero attached hydrogens (tertiary/aromatic N) is 2. The Kier molecular flexibility index (Phi) is 4.85. The van der Waals surface area contributed by atoms with Gasteiger partial charge in [-0.2, -0.15) is 5.10 Å². The maximum absolute atomic E-state index is 14.1. The molecule has 0 saturated heterocycles. The summed E-state index contributed by atoms with van der Waals surface area (Å²) < 4.78 is 22.9. The van der Waals surface area contributed by atoms with Crippen LogP contribution >= 0.6 is 15.9 Å². The number of ether oxygens (including phenoxy) is 1. The second-order valence-electron chi connectivity index (χ2n) is 7.15. The Hall–Kier alpha value is -3.02. The molecule has 5 rings (SSSR count). The molecule has 148 valence electrons. The summed E-state index contributed by atoms with van der Waals surface area (Å²) in [4.78, 5) is 0. The fourth-order valence-corrected chi connectivity index (χ4v) is 4.24. The number of rotatable bonds is 4. The summed E-state index contributed by atoms with van der Waals surface area (Å²) in [6.45, 7) is 0. The minimum absolute atomic E-state index is 0.261. The lowest BCUT2D eigenvalue weighted by molar-refractivity contribution is 0.137. The van der Waals surface area contributed by atoms with E-state index in [2.05, 4.69) is 15.9 Å². The van der Waals surface area contributed by atoms with Crippen LogP contribution in [0.25, 0.3) is 27.5 Å². The second kappa shape index (κ2) is 7.67. The fourth-order valence-electron chi connectivity index (χ4n) is 3.98. The molecule has 1 unspecified atom stereocenters. The topological polar surface area (TPSA) is 26.5 Å². The molecule has 5 aromatic rings. The van der Waals surface area contributed by atoms with Crippen molar-refractivity contribution in [1.29, 1.82) is 0 Å². The van der Waals surface area contributed by atoms with E-state index in [1.54, 1.807) is 13.2 Å². The third-order valence-electron chi connectivity index (χ3n) is 5.35. The Labute approximate surface area is 181 Å². The van der Waals surface area contributed by atoms with Crippen LogP contribution in [0.2, 0.25) is 0 Å². The molecule has 0 saturated carbocycles. The summed E-state index contributed by atoms with van der Waals surface area (Å²) in [5, 5.41) is 6.47. The maximum atomic E-state index is 14.1. The molecule has 3 aromatic carbocycles. The van der Waals surface area contributed by atoms with Crippen molar-refractivity contribution in [1.82, 2.24) is 9.61 Å². The van der Waals surface area contributed by atoms with Crippen LogP contribution in [0.5, 0.6) is 0 Å². The first-order valence-electron chi connectivity index (χ1n) is 9.59. The molecule has 0 fully saturated rings. The SMILES string of the molecule is COC(c1ccc(Br)cc1)c1cnn2c(-c3ccccc3)cc3cc(F)ccc3c12. The Morgan fingerprint density at radius 2 is 1.73 bits per heavy atom. The van der Waals surface area contributed by atoms with Gasteiger partial charge in [0.2, 0.25) is 0 Å². The smallest absolute Gasteiger partial charge is 0.123 e. The molecule has 0 spiro atoms. The van der Waals surface area contributed by atoms with Crippen molar-refractivity contribution in [3.63, 3.8) is 0 Å². The summed E-state index contributed by atoms with van der Waals surface area (Å²) >= 11 is 3.49. The van der Waals surface area contributed by atoms with E-state index in [0.717, 1.165) is 43.1 Å². The van der Waals surface area contributed by atoms with Crippen molar-refractivity contribution >= 4 is 32.2 Å². The van der Waals surface area contributed by atoms with Crippen molar-refractivity contribution in [2.24, 2.45) is 0 Å². The van der Waals surface area contributed by atoms with E-state index in [0.29, 0.717) is 0 Å². The van der Waals surface area contributed by atoms with Gasteiger partial charge in [-0.3, -0.25) is 0 Å². The highest BCUT2D eigenvalue weighted by Crippen LogP contribution is 2.36. The molecule has 30 heavy (non-hydrogen) atoms. The number of hydrogen-bond donors (Lipinski definition) is 0. The average molecular weight is 461 g/mol. The Morgan fingerprint density at radius 3 is 2.47 bits per heavy atom. The third-order valence-corrected chi connectivity index (χ3v) is 5.88. The van der Waals surface area contributed by atoms with Crippen molar-refractivity contribution in [2.45, 2.75) is 6.10 Å². The average Bonchev–Trinajstić information content (AvgIpc) is 3.20. The first kappa shape index (κ1) is 19.0. The minimum atomic E-state index is -0.296. The zero-order valence-electron chi connectivity index (χ0n) is 16.2. The lowest BCUT2D eigenvalue weighted by Crippen LogP contribution is -2.04. The van der Waals surface area contributed by atoms with Gasteiger partial charge in [0.15, 0.2) is 0 Å². The predicted molar refractivity (Wildman–Crippen MR) is 121 cm³/mol. The quantitative estimate of drug-likeness (QED) is 0.295. The van der Waals surface area contributed by atoms with Gasteiger partial charge < -0.3 is 4.74 Å². The van der Waals surface area contributed by atoms with Gasteiger partial charge in [0.05, 0.1) is 17.4 Å². The largest absolute Gasteiger partial charge is 0.372 e. The van der Waals surface area contributed by atoms with E-state index in [-0.39, 0.29) is 11.9 Å². The van der Waals surface area contributed by atoms with Crippen molar-refractivity contribution in [2.75, 3.05) is 7.11 Å². The molecule has 0 aliphatic rings. The number of methoxy groups -OCH3 is 1. The molecule has 0 aliphatic carbocycles. The van der Waals surface area contributed by atoms with E-state index in [4.69, 9.17) is 9.84 Å². The van der Waals surface area contributed by atoms with Crippen LogP contribution in [0, 0.1) is 5.82 Å². The minimum Gasteiger partial charge on any atom is -0.372 e. The molecule has 0 amide bonds. The monoisotopic (exact) mass is 460 g/mol. The van der Waals surface area contributed by atoms with Crippen molar-refractivity contribution in [3.05, 3.63) is 106 Å². The lowest BCUT2D eigenvalue weighted by Gasteiger charge is -2.17. The van der Waals surface area contributed by atoms with Crippen LogP contribution in [0.15, 0.2) is 89.5 Å². The number of halogens is 2. The van der Waals surface area contributed by atoms with Crippen LogP contribution in [-0.2, 0) is 4.74 Å². The van der Waals surface area contributed by atoms with Crippen molar-refractivity contribution in [3.8, 4) is 11.3 Å². The normalized spacial score (nSPS) is 12.5. The molecule has 0 N–H and O–H groups in total. The van der Waals surface area contributed by atoms with Crippen LogP contribution in [0.3, 0.4) is 0 Å². The predicted octanol–water partition coefficient (Wildman–Crippen LogP) is 6.79. The van der Waals surface area contributed by atoms with Crippen LogP contribution in [-0.4, -0.2) is 16.7 Å². The number of pyridine rings is 1. The third kappa shape index (κ3) is 3.20. The van der Waals surface area contributed by atoms with Crippen LogP contribution < -0.4 is 0 Å². The van der Waals surface area contributed by atoms with Gasteiger partial charge in [-0.15, -0.1) is 0 Å². The standard InChI is InChI=1S/C25H18BrFN2O/c1-30-25(17-7-9-19(26)10-8-17)22-15-28-29-23(16-5-3-2-4-6-16)14-18-13-20(27)11-12-21(18)24(22)29/h2-15,25H,1H3. The molecule has 0 radical (unpaired) electrons. The van der Waals surface area contributed by atoms with Crippen LogP contribution in [0.4, 0.5) is 4.39 Å². The number of aromatic nitrogens is 2. The van der Waals surface area contributed by atoms with E-state index < -0.39 is 0 Å². The first-order chi connectivity index (χ1) is 14.7. The summed E-state index contributed by atoms with van der Waals surface area (Å²) in [5.74, 6) is -0.261. The lowest BCUT2D eigenvalue weighted by atomic mass is 9.99. The van der Waals surface area contributed by atoms with Gasteiger partial charge in [-0.25, -0.2) is 8.91 Å².